The van der Waals surface area contributed by atoms with E-state index >= 15 is 0 Å². The standard InChI is InChI=1S/C19H28N4O2S/c1-14(2)11-22-18(15-6-8-17(25-3)9-7-15)20-23(19(22)26)13-21-10-4-5-16(24)12-21/h6-9,14,16,24H,4-5,10-13H2,1-3H3/p+1/t16-/m0/s1. The number of piperidine rings is 1. The molecule has 3 rings (SSSR count). The third-order valence-corrected chi connectivity index (χ3v) is 5.22. The molecule has 1 saturated heterocycles. The summed E-state index contributed by atoms with van der Waals surface area (Å²) in [6.45, 7) is 7.71. The van der Waals surface area contributed by atoms with Gasteiger partial charge in [-0.05, 0) is 55.2 Å². The van der Waals surface area contributed by atoms with Crippen LogP contribution >= 0.6 is 12.2 Å². The first-order valence-corrected chi connectivity index (χ1v) is 9.72. The van der Waals surface area contributed by atoms with Crippen LogP contribution in [0.3, 0.4) is 0 Å². The van der Waals surface area contributed by atoms with Gasteiger partial charge in [0.15, 0.2) is 12.5 Å². The second kappa shape index (κ2) is 8.33. The molecule has 0 saturated carbocycles. The summed E-state index contributed by atoms with van der Waals surface area (Å²) in [6, 6.07) is 7.94. The van der Waals surface area contributed by atoms with Crippen molar-refractivity contribution in [2.75, 3.05) is 20.2 Å². The fourth-order valence-corrected chi connectivity index (χ4v) is 3.77. The van der Waals surface area contributed by atoms with Crippen molar-refractivity contribution in [3.05, 3.63) is 29.0 Å². The van der Waals surface area contributed by atoms with Gasteiger partial charge in [0.05, 0.1) is 13.7 Å². The molecule has 2 aromatic rings. The van der Waals surface area contributed by atoms with Crippen LogP contribution < -0.4 is 9.64 Å². The van der Waals surface area contributed by atoms with Gasteiger partial charge in [0.2, 0.25) is 4.77 Å². The highest BCUT2D eigenvalue weighted by atomic mass is 32.1. The molecule has 142 valence electrons. The quantitative estimate of drug-likeness (QED) is 0.753. The van der Waals surface area contributed by atoms with Crippen molar-refractivity contribution in [1.29, 1.82) is 0 Å². The van der Waals surface area contributed by atoms with Crippen molar-refractivity contribution >= 4 is 12.2 Å². The molecule has 1 aromatic heterocycles. The fourth-order valence-electron chi connectivity index (χ4n) is 3.51. The van der Waals surface area contributed by atoms with Gasteiger partial charge >= 0.3 is 0 Å². The van der Waals surface area contributed by atoms with E-state index in [4.69, 9.17) is 22.1 Å². The maximum atomic E-state index is 9.94. The zero-order valence-corrected chi connectivity index (χ0v) is 16.6. The number of likely N-dealkylation sites (tertiary alicyclic amines) is 1. The molecule has 1 aromatic carbocycles. The summed E-state index contributed by atoms with van der Waals surface area (Å²) >= 11 is 5.74. The fraction of sp³-hybridized carbons (Fsp3) is 0.579. The van der Waals surface area contributed by atoms with Crippen LogP contribution in [0.4, 0.5) is 0 Å². The van der Waals surface area contributed by atoms with Crippen molar-refractivity contribution in [2.45, 2.75) is 46.0 Å². The molecule has 1 aliphatic heterocycles. The number of rotatable bonds is 6. The Labute approximate surface area is 160 Å². The molecule has 0 amide bonds. The highest BCUT2D eigenvalue weighted by molar-refractivity contribution is 7.71. The first-order valence-electron chi connectivity index (χ1n) is 9.31. The number of hydrogen-bond donors (Lipinski definition) is 2. The van der Waals surface area contributed by atoms with Gasteiger partial charge in [0, 0.05) is 12.1 Å². The van der Waals surface area contributed by atoms with Gasteiger partial charge in [-0.3, -0.25) is 4.57 Å². The molecule has 0 aliphatic carbocycles. The number of aromatic nitrogens is 3. The summed E-state index contributed by atoms with van der Waals surface area (Å²) < 4.78 is 10.1. The van der Waals surface area contributed by atoms with Crippen LogP contribution in [0.2, 0.25) is 0 Å². The zero-order chi connectivity index (χ0) is 18.7. The van der Waals surface area contributed by atoms with Crippen LogP contribution in [0.25, 0.3) is 11.4 Å². The molecule has 7 heteroatoms. The molecule has 0 radical (unpaired) electrons. The number of nitrogens with zero attached hydrogens (tertiary/aromatic N) is 3. The molecule has 6 nitrogen and oxygen atoms in total. The number of hydrogen-bond acceptors (Lipinski definition) is 4. The summed E-state index contributed by atoms with van der Waals surface area (Å²) in [7, 11) is 1.67. The summed E-state index contributed by atoms with van der Waals surface area (Å²) in [6.07, 6.45) is 1.72. The van der Waals surface area contributed by atoms with Crippen molar-refractivity contribution in [1.82, 2.24) is 14.3 Å². The maximum Gasteiger partial charge on any atom is 0.203 e. The van der Waals surface area contributed by atoms with E-state index in [9.17, 15) is 5.11 Å². The van der Waals surface area contributed by atoms with Gasteiger partial charge < -0.3 is 14.7 Å². The summed E-state index contributed by atoms with van der Waals surface area (Å²) in [5.41, 5.74) is 1.03. The topological polar surface area (TPSA) is 56.6 Å². The third-order valence-electron chi connectivity index (χ3n) is 4.78. The molecular weight excluding hydrogens is 348 g/mol. The van der Waals surface area contributed by atoms with Gasteiger partial charge in [-0.1, -0.05) is 13.8 Å². The van der Waals surface area contributed by atoms with Gasteiger partial charge in [-0.15, -0.1) is 5.10 Å². The van der Waals surface area contributed by atoms with Crippen LogP contribution in [0, 0.1) is 10.7 Å². The van der Waals surface area contributed by atoms with Gasteiger partial charge in [0.25, 0.3) is 0 Å². The molecule has 26 heavy (non-hydrogen) atoms. The molecule has 0 spiro atoms. The minimum absolute atomic E-state index is 0.216. The van der Waals surface area contributed by atoms with E-state index in [2.05, 4.69) is 18.4 Å². The largest absolute Gasteiger partial charge is 0.497 e. The SMILES string of the molecule is COc1ccc(-c2nn(C[NH+]3CCC[C@H](O)C3)c(=S)n2CC(C)C)cc1. The van der Waals surface area contributed by atoms with E-state index in [1.54, 1.807) is 7.11 Å². The van der Waals surface area contributed by atoms with E-state index in [1.165, 1.54) is 4.90 Å². The van der Waals surface area contributed by atoms with Crippen LogP contribution in [0.15, 0.2) is 24.3 Å². The molecule has 2 N–H and O–H groups in total. The number of benzene rings is 1. The lowest BCUT2D eigenvalue weighted by molar-refractivity contribution is -0.931. The van der Waals surface area contributed by atoms with Gasteiger partial charge in [0.1, 0.15) is 18.4 Å². The molecule has 0 bridgehead atoms. The Balaban J connectivity index is 1.93. The first-order chi connectivity index (χ1) is 12.5. The average molecular weight is 378 g/mol. The highest BCUT2D eigenvalue weighted by Crippen LogP contribution is 2.22. The van der Waals surface area contributed by atoms with Crippen LogP contribution in [-0.2, 0) is 13.2 Å². The van der Waals surface area contributed by atoms with Gasteiger partial charge in [-0.2, -0.15) is 4.68 Å². The molecule has 2 heterocycles. The van der Waals surface area contributed by atoms with E-state index < -0.39 is 0 Å². The van der Waals surface area contributed by atoms with E-state index in [-0.39, 0.29) is 6.10 Å². The molecule has 1 unspecified atom stereocenters. The minimum atomic E-state index is -0.216. The molecule has 1 aliphatic rings. The Bertz CT molecular complexity index is 782. The predicted octanol–water partition coefficient (Wildman–Crippen LogP) is 1.74. The lowest BCUT2D eigenvalue weighted by Gasteiger charge is -2.26. The molecular formula is C19H29N4O2S+. The number of nitrogens with one attached hydrogen (secondary N) is 1. The van der Waals surface area contributed by atoms with Crippen LogP contribution in [0.1, 0.15) is 26.7 Å². The Morgan fingerprint density at radius 3 is 2.69 bits per heavy atom. The lowest BCUT2D eigenvalue weighted by Crippen LogP contribution is -3.13. The average Bonchev–Trinajstić information content (AvgIpc) is 2.91. The summed E-state index contributed by atoms with van der Waals surface area (Å²) in [4.78, 5) is 1.33. The monoisotopic (exact) mass is 377 g/mol. The normalized spacial score (nSPS) is 20.5. The molecule has 1 fully saturated rings. The lowest BCUT2D eigenvalue weighted by atomic mass is 10.1. The minimum Gasteiger partial charge on any atom is -0.497 e. The molecule has 2 atom stereocenters. The number of aliphatic hydroxyl groups is 1. The Kier molecular flexibility index (Phi) is 6.11. The van der Waals surface area contributed by atoms with E-state index in [0.29, 0.717) is 12.6 Å². The predicted molar refractivity (Wildman–Crippen MR) is 104 cm³/mol. The number of quaternary nitrogens is 1. The third kappa shape index (κ3) is 4.34. The Morgan fingerprint density at radius 1 is 1.35 bits per heavy atom. The maximum absolute atomic E-state index is 9.94. The summed E-state index contributed by atoms with van der Waals surface area (Å²) in [5, 5.41) is 14.8. The van der Waals surface area contributed by atoms with E-state index in [1.807, 2.05) is 28.9 Å². The first kappa shape index (κ1) is 19.1. The van der Waals surface area contributed by atoms with Crippen molar-refractivity contribution in [2.24, 2.45) is 5.92 Å². The van der Waals surface area contributed by atoms with Crippen molar-refractivity contribution in [3.63, 3.8) is 0 Å². The number of methoxy groups -OCH3 is 1. The summed E-state index contributed by atoms with van der Waals surface area (Å²) in [5.74, 6) is 2.19. The number of aliphatic hydroxyl groups excluding tert-OH is 1. The van der Waals surface area contributed by atoms with Crippen molar-refractivity contribution < 1.29 is 14.7 Å². The van der Waals surface area contributed by atoms with Crippen molar-refractivity contribution in [3.8, 4) is 17.1 Å². The number of ether oxygens (including phenoxy) is 1. The van der Waals surface area contributed by atoms with E-state index in [0.717, 1.165) is 54.4 Å². The zero-order valence-electron chi connectivity index (χ0n) is 15.8. The van der Waals surface area contributed by atoms with Crippen LogP contribution in [-0.4, -0.2) is 45.8 Å². The second-order valence-corrected chi connectivity index (χ2v) is 7.86. The highest BCUT2D eigenvalue weighted by Gasteiger charge is 2.23. The second-order valence-electron chi connectivity index (χ2n) is 7.50. The Morgan fingerprint density at radius 2 is 2.08 bits per heavy atom. The van der Waals surface area contributed by atoms with Gasteiger partial charge in [-0.25, -0.2) is 0 Å². The van der Waals surface area contributed by atoms with Crippen LogP contribution in [0.5, 0.6) is 5.75 Å². The smallest absolute Gasteiger partial charge is 0.203 e. The Hall–Kier alpha value is -1.70.